The van der Waals surface area contributed by atoms with Crippen molar-refractivity contribution in [2.75, 3.05) is 52.9 Å². The number of esters is 10. The Bertz CT molecular complexity index is 3500. The van der Waals surface area contributed by atoms with Crippen LogP contribution in [0.15, 0.2) is 111 Å². The highest BCUT2D eigenvalue weighted by Gasteiger charge is 2.37. The van der Waals surface area contributed by atoms with Gasteiger partial charge in [-0.3, -0.25) is 28.8 Å². The second kappa shape index (κ2) is 43.8. The molecule has 0 saturated heterocycles. The number of ether oxygens (including phenoxy) is 12. The number of nitrogens with zero attached hydrogens (tertiary/aromatic N) is 2. The van der Waals surface area contributed by atoms with Crippen LogP contribution in [-0.2, 0) is 85.8 Å². The van der Waals surface area contributed by atoms with Crippen molar-refractivity contribution in [2.24, 2.45) is 35.5 Å². The lowest BCUT2D eigenvalue weighted by molar-refractivity contribution is -0.152. The Morgan fingerprint density at radius 3 is 0.952 bits per heavy atom. The van der Waals surface area contributed by atoms with Gasteiger partial charge in [-0.15, -0.1) is 0 Å². The molecule has 4 aromatic rings. The molecular weight excluding hydrogens is 1340 g/mol. The number of hydrogen-bond donors (Lipinski definition) is 0. The van der Waals surface area contributed by atoms with Gasteiger partial charge >= 0.3 is 59.7 Å². The minimum absolute atomic E-state index is 0.101. The molecule has 0 atom stereocenters. The zero-order valence-electron chi connectivity index (χ0n) is 59.0. The molecular formula is C80H94N2O22. The maximum Gasteiger partial charge on any atom is 0.330 e. The molecule has 104 heavy (non-hydrogen) atoms. The van der Waals surface area contributed by atoms with Gasteiger partial charge in [-0.25, -0.2) is 24.0 Å². The van der Waals surface area contributed by atoms with Gasteiger partial charge in [0, 0.05) is 59.1 Å². The van der Waals surface area contributed by atoms with Gasteiger partial charge in [0.25, 0.3) is 5.69 Å². The van der Waals surface area contributed by atoms with Crippen LogP contribution in [-0.4, -0.2) is 125 Å². The SMILES string of the molecule is C=CC(=O)OCCCCOC1CCC(C(=O)Oc2ccc(OC(=O)C3CCC(OCCCCOC(=O)C=C)CC3)c3ccccc23)CC1.[C-]#[N+]c1c(C#N)c(OC(=O)C2CCC(C(=O)OCCCCOC(=O)C=C)CC2)c2ccccc2c1OC(=O)C1CCC(C(=O)OCCCCOC(=O)C=C)CC1. The third kappa shape index (κ3) is 25.4. The summed E-state index contributed by atoms with van der Waals surface area (Å²) in [7, 11) is 0. The van der Waals surface area contributed by atoms with E-state index in [-0.39, 0.29) is 109 Å². The van der Waals surface area contributed by atoms with Gasteiger partial charge in [0.1, 0.15) is 28.6 Å². The molecule has 556 valence electrons. The third-order valence-electron chi connectivity index (χ3n) is 18.8. The minimum Gasteiger partial charge on any atom is -0.465 e. The molecule has 8 rings (SSSR count). The first kappa shape index (κ1) is 81.3. The van der Waals surface area contributed by atoms with E-state index in [1.807, 2.05) is 30.3 Å². The first-order valence-electron chi connectivity index (χ1n) is 36.0. The number of benzene rings is 4. The quantitative estimate of drug-likeness (QED) is 0.0102. The number of nitriles is 1. The normalized spacial score (nSPS) is 19.8. The van der Waals surface area contributed by atoms with Crippen LogP contribution in [0.4, 0.5) is 5.69 Å². The van der Waals surface area contributed by atoms with Crippen LogP contribution in [0.5, 0.6) is 23.0 Å². The number of carbonyl (C=O) groups is 10. The molecule has 4 saturated carbocycles. The van der Waals surface area contributed by atoms with Gasteiger partial charge in [0.2, 0.25) is 0 Å². The Morgan fingerprint density at radius 1 is 0.365 bits per heavy atom. The monoisotopic (exact) mass is 1430 g/mol. The van der Waals surface area contributed by atoms with Crippen LogP contribution in [0, 0.1) is 53.4 Å². The first-order valence-corrected chi connectivity index (χ1v) is 36.0. The van der Waals surface area contributed by atoms with E-state index >= 15 is 0 Å². The van der Waals surface area contributed by atoms with Crippen molar-refractivity contribution in [1.82, 2.24) is 0 Å². The Kier molecular flexibility index (Phi) is 34.2. The van der Waals surface area contributed by atoms with E-state index in [1.165, 1.54) is 0 Å². The molecule has 0 aromatic heterocycles. The zero-order valence-corrected chi connectivity index (χ0v) is 59.0. The van der Waals surface area contributed by atoms with Crippen LogP contribution in [0.25, 0.3) is 26.4 Å². The molecule has 4 fully saturated rings. The third-order valence-corrected chi connectivity index (χ3v) is 18.8. The van der Waals surface area contributed by atoms with E-state index in [1.54, 1.807) is 36.4 Å². The standard InChI is InChI=1S/C42H46N2O12.C38H48O10/c1-4-34(45)51-22-8-10-24-53-39(47)27-14-18-29(19-15-27)41(49)55-37-31-12-6-7-13-32(31)38(36(44-3)33(37)26-43)56-42(50)30-20-16-28(17-21-30)40(48)54-25-11-9-23-52-35(46)5-2;1-3-35(39)45-25-9-7-23-43-29-17-13-27(14-18-29)37(41)47-33-21-22-34(32-12-6-5-11-31(32)33)48-38(42)28-15-19-30(20-16-28)44-24-8-10-26-46-36(40)4-2/h4-7,12-13,27-30H,1-2,8-11,14-25H2;3-6,11-12,21-22,27-30H,1-2,7-10,13-20,23-26H2. The smallest absolute Gasteiger partial charge is 0.330 e. The molecule has 0 unspecified atom stereocenters. The lowest BCUT2D eigenvalue weighted by Gasteiger charge is -2.28. The van der Waals surface area contributed by atoms with Crippen molar-refractivity contribution in [1.29, 1.82) is 5.26 Å². The Labute approximate surface area is 606 Å². The average molecular weight is 1440 g/mol. The molecule has 24 heteroatoms. The van der Waals surface area contributed by atoms with Crippen molar-refractivity contribution in [2.45, 2.75) is 166 Å². The second-order valence-corrected chi connectivity index (χ2v) is 25.9. The summed E-state index contributed by atoms with van der Waals surface area (Å²) in [6.45, 7) is 24.0. The molecule has 0 N–H and O–H groups in total. The van der Waals surface area contributed by atoms with Crippen molar-refractivity contribution in [3.05, 3.63) is 128 Å². The summed E-state index contributed by atoms with van der Waals surface area (Å²) >= 11 is 0. The van der Waals surface area contributed by atoms with Gasteiger partial charge in [-0.05, 0) is 166 Å². The fourth-order valence-electron chi connectivity index (χ4n) is 12.8. The second-order valence-electron chi connectivity index (χ2n) is 25.9. The largest absolute Gasteiger partial charge is 0.465 e. The Hall–Kier alpha value is -10.0. The molecule has 0 spiro atoms. The highest BCUT2D eigenvalue weighted by Crippen LogP contribution is 2.47. The predicted octanol–water partition coefficient (Wildman–Crippen LogP) is 13.6. The summed E-state index contributed by atoms with van der Waals surface area (Å²) in [6.07, 6.45) is 18.8. The van der Waals surface area contributed by atoms with Crippen molar-refractivity contribution in [3.63, 3.8) is 0 Å². The van der Waals surface area contributed by atoms with Gasteiger partial charge in [-0.1, -0.05) is 74.8 Å². The average Bonchev–Trinajstić information content (AvgIpc) is 0.752. The van der Waals surface area contributed by atoms with Gasteiger partial charge in [0.15, 0.2) is 0 Å². The molecule has 0 bridgehead atoms. The Balaban J connectivity index is 0.000000294. The predicted molar refractivity (Wildman–Crippen MR) is 379 cm³/mol. The highest BCUT2D eigenvalue weighted by atomic mass is 16.6. The lowest BCUT2D eigenvalue weighted by Crippen LogP contribution is -2.30. The van der Waals surface area contributed by atoms with E-state index in [9.17, 15) is 53.2 Å². The van der Waals surface area contributed by atoms with Gasteiger partial charge in [0.05, 0.1) is 100.0 Å². The molecule has 0 radical (unpaired) electrons. The molecule has 0 amide bonds. The van der Waals surface area contributed by atoms with E-state index in [2.05, 4.69) is 31.2 Å². The maximum atomic E-state index is 13.5. The summed E-state index contributed by atoms with van der Waals surface area (Å²) < 4.78 is 66.0. The highest BCUT2D eigenvalue weighted by molar-refractivity contribution is 6.04. The Morgan fingerprint density at radius 2 is 0.635 bits per heavy atom. The number of carbonyl (C=O) groups excluding carboxylic acids is 10. The number of unbranched alkanes of at least 4 members (excludes halogenated alkanes) is 4. The van der Waals surface area contributed by atoms with Crippen molar-refractivity contribution < 1.29 is 105 Å². The van der Waals surface area contributed by atoms with E-state index in [0.29, 0.717) is 162 Å². The maximum absolute atomic E-state index is 13.5. The fraction of sp³-hybridized carbons (Fsp3) is 0.500. The first-order chi connectivity index (χ1) is 50.5. The lowest BCUT2D eigenvalue weighted by atomic mass is 9.82. The zero-order chi connectivity index (χ0) is 74.6. The summed E-state index contributed by atoms with van der Waals surface area (Å²) in [5.41, 5.74) is -0.499. The van der Waals surface area contributed by atoms with Crippen LogP contribution >= 0.6 is 0 Å². The molecule has 0 heterocycles. The summed E-state index contributed by atoms with van der Waals surface area (Å²) in [6, 6.07) is 19.4. The van der Waals surface area contributed by atoms with Crippen molar-refractivity contribution in [3.8, 4) is 29.1 Å². The fourth-order valence-corrected chi connectivity index (χ4v) is 12.8. The summed E-state index contributed by atoms with van der Waals surface area (Å²) in [5, 5.41) is 12.3. The van der Waals surface area contributed by atoms with Crippen LogP contribution < -0.4 is 18.9 Å². The van der Waals surface area contributed by atoms with Gasteiger partial charge in [-0.2, -0.15) is 5.26 Å². The van der Waals surface area contributed by atoms with E-state index in [4.69, 9.17) is 63.4 Å². The number of fused-ring (bicyclic) bond motifs is 2. The number of hydrogen-bond acceptors (Lipinski definition) is 23. The molecule has 4 aromatic carbocycles. The molecule has 24 nitrogen and oxygen atoms in total. The number of rotatable bonds is 36. The molecule has 4 aliphatic carbocycles. The summed E-state index contributed by atoms with van der Waals surface area (Å²) in [4.78, 5) is 126. The van der Waals surface area contributed by atoms with Crippen molar-refractivity contribution >= 4 is 86.9 Å². The summed E-state index contributed by atoms with van der Waals surface area (Å²) in [5.74, 6) is -5.87. The molecule has 0 aliphatic heterocycles. The van der Waals surface area contributed by atoms with E-state index < -0.39 is 47.7 Å². The minimum atomic E-state index is -0.600. The van der Waals surface area contributed by atoms with Crippen LogP contribution in [0.1, 0.15) is 160 Å². The van der Waals surface area contributed by atoms with Crippen LogP contribution in [0.3, 0.4) is 0 Å². The van der Waals surface area contributed by atoms with Gasteiger partial charge < -0.3 is 56.8 Å². The van der Waals surface area contributed by atoms with Crippen LogP contribution in [0.2, 0.25) is 0 Å². The molecule has 4 aliphatic rings. The topological polar surface area (TPSA) is 310 Å². The van der Waals surface area contributed by atoms with E-state index in [0.717, 1.165) is 75.7 Å².